The first-order chi connectivity index (χ1) is 8.25. The van der Waals surface area contributed by atoms with Crippen molar-refractivity contribution < 1.29 is 9.53 Å². The molecule has 1 aliphatic heterocycles. The third-order valence-corrected chi connectivity index (χ3v) is 2.93. The molecule has 3 rings (SSSR count). The summed E-state index contributed by atoms with van der Waals surface area (Å²) in [4.78, 5) is 11.8. The highest BCUT2D eigenvalue weighted by Crippen LogP contribution is 2.32. The molecule has 2 N–H and O–H groups in total. The number of hydrogen-bond acceptors (Lipinski definition) is 3. The number of nitrogen functional groups attached to an aromatic ring is 1. The second-order valence-electron chi connectivity index (χ2n) is 4.04. The Morgan fingerprint density at radius 3 is 2.59 bits per heavy atom. The van der Waals surface area contributed by atoms with Gasteiger partial charge in [0.15, 0.2) is 0 Å². The predicted octanol–water partition coefficient (Wildman–Crippen LogP) is 2.61. The fourth-order valence-corrected chi connectivity index (χ4v) is 2.11. The van der Waals surface area contributed by atoms with E-state index in [4.69, 9.17) is 10.5 Å². The lowest BCUT2D eigenvalue weighted by Gasteiger charge is -2.07. The maximum atomic E-state index is 11.8. The summed E-state index contributed by atoms with van der Waals surface area (Å²) in [7, 11) is 0. The predicted molar refractivity (Wildman–Crippen MR) is 65.4 cm³/mol. The minimum absolute atomic E-state index is 0.272. The molecule has 1 aliphatic rings. The minimum atomic E-state index is -0.282. The van der Waals surface area contributed by atoms with Gasteiger partial charge in [-0.1, -0.05) is 24.3 Å². The molecule has 3 heteroatoms. The summed E-state index contributed by atoms with van der Waals surface area (Å²) in [5, 5.41) is 0. The van der Waals surface area contributed by atoms with E-state index >= 15 is 0 Å². The van der Waals surface area contributed by atoms with Gasteiger partial charge >= 0.3 is 5.97 Å². The third-order valence-electron chi connectivity index (χ3n) is 2.93. The van der Waals surface area contributed by atoms with E-state index in [-0.39, 0.29) is 12.6 Å². The van der Waals surface area contributed by atoms with Gasteiger partial charge in [-0.2, -0.15) is 0 Å². The summed E-state index contributed by atoms with van der Waals surface area (Å²) in [6.07, 6.45) is 0. The molecule has 0 unspecified atom stereocenters. The van der Waals surface area contributed by atoms with Crippen molar-refractivity contribution in [1.82, 2.24) is 0 Å². The summed E-state index contributed by atoms with van der Waals surface area (Å²) in [6.45, 7) is 0.272. The first-order valence-electron chi connectivity index (χ1n) is 5.40. The highest BCUT2D eigenvalue weighted by Gasteiger charge is 2.20. The second kappa shape index (κ2) is 3.63. The topological polar surface area (TPSA) is 52.3 Å². The van der Waals surface area contributed by atoms with E-state index in [1.54, 1.807) is 6.07 Å². The molecule has 0 spiro atoms. The molecular formula is C14H11NO2. The SMILES string of the molecule is Nc1ccc2c(c1)COC(=O)c1ccccc1-2. The lowest BCUT2D eigenvalue weighted by Crippen LogP contribution is -2.02. The van der Waals surface area contributed by atoms with E-state index in [0.717, 1.165) is 16.7 Å². The van der Waals surface area contributed by atoms with Gasteiger partial charge in [-0.3, -0.25) is 0 Å². The van der Waals surface area contributed by atoms with Crippen LogP contribution in [-0.2, 0) is 11.3 Å². The van der Waals surface area contributed by atoms with E-state index in [1.807, 2.05) is 36.4 Å². The average molecular weight is 225 g/mol. The smallest absolute Gasteiger partial charge is 0.339 e. The Kier molecular flexibility index (Phi) is 2.11. The van der Waals surface area contributed by atoms with Crippen LogP contribution < -0.4 is 5.73 Å². The van der Waals surface area contributed by atoms with E-state index in [2.05, 4.69) is 0 Å². The number of cyclic esters (lactones) is 1. The van der Waals surface area contributed by atoms with Crippen molar-refractivity contribution in [2.24, 2.45) is 0 Å². The molecule has 0 atom stereocenters. The third kappa shape index (κ3) is 1.56. The molecule has 2 aromatic carbocycles. The molecule has 2 aromatic rings. The fourth-order valence-electron chi connectivity index (χ4n) is 2.11. The summed E-state index contributed by atoms with van der Waals surface area (Å²) in [6, 6.07) is 13.1. The lowest BCUT2D eigenvalue weighted by molar-refractivity contribution is 0.0479. The summed E-state index contributed by atoms with van der Waals surface area (Å²) in [5.74, 6) is -0.282. The van der Waals surface area contributed by atoms with Gasteiger partial charge in [0, 0.05) is 5.69 Å². The number of esters is 1. The maximum absolute atomic E-state index is 11.8. The fraction of sp³-hybridized carbons (Fsp3) is 0.0714. The zero-order chi connectivity index (χ0) is 11.8. The second-order valence-corrected chi connectivity index (χ2v) is 4.04. The van der Waals surface area contributed by atoms with Crippen LogP contribution >= 0.6 is 0 Å². The highest BCUT2D eigenvalue weighted by molar-refractivity contribution is 5.98. The number of fused-ring (bicyclic) bond motifs is 3. The van der Waals surface area contributed by atoms with Gasteiger partial charge < -0.3 is 10.5 Å². The Balaban J connectivity index is 2.30. The molecule has 0 aromatic heterocycles. The van der Waals surface area contributed by atoms with Crippen molar-refractivity contribution in [3.63, 3.8) is 0 Å². The average Bonchev–Trinajstić information content (AvgIpc) is 2.48. The molecule has 0 saturated carbocycles. The molecule has 0 radical (unpaired) electrons. The van der Waals surface area contributed by atoms with Crippen LogP contribution in [0.3, 0.4) is 0 Å². The lowest BCUT2D eigenvalue weighted by atomic mass is 9.96. The normalized spacial score (nSPS) is 13.3. The molecule has 0 bridgehead atoms. The van der Waals surface area contributed by atoms with Crippen LogP contribution in [0.4, 0.5) is 5.69 Å². The maximum Gasteiger partial charge on any atom is 0.339 e. The molecule has 17 heavy (non-hydrogen) atoms. The Morgan fingerprint density at radius 1 is 1.00 bits per heavy atom. The number of nitrogens with two attached hydrogens (primary N) is 1. The van der Waals surface area contributed by atoms with E-state index in [1.165, 1.54) is 0 Å². The van der Waals surface area contributed by atoms with Gasteiger partial charge in [0.05, 0.1) is 5.56 Å². The molecule has 0 amide bonds. The van der Waals surface area contributed by atoms with Gasteiger partial charge in [-0.25, -0.2) is 4.79 Å². The van der Waals surface area contributed by atoms with Crippen molar-refractivity contribution in [2.75, 3.05) is 5.73 Å². The molecular weight excluding hydrogens is 214 g/mol. The van der Waals surface area contributed by atoms with Crippen LogP contribution in [0.5, 0.6) is 0 Å². The van der Waals surface area contributed by atoms with Crippen molar-refractivity contribution >= 4 is 11.7 Å². The number of hydrogen-bond donors (Lipinski definition) is 1. The van der Waals surface area contributed by atoms with Crippen LogP contribution in [0.1, 0.15) is 15.9 Å². The summed E-state index contributed by atoms with van der Waals surface area (Å²) >= 11 is 0. The van der Waals surface area contributed by atoms with E-state index < -0.39 is 0 Å². The van der Waals surface area contributed by atoms with Gasteiger partial charge in [0.2, 0.25) is 0 Å². The molecule has 0 aliphatic carbocycles. The Morgan fingerprint density at radius 2 is 1.76 bits per heavy atom. The molecule has 3 nitrogen and oxygen atoms in total. The number of ether oxygens (including phenoxy) is 1. The number of benzene rings is 2. The van der Waals surface area contributed by atoms with Crippen molar-refractivity contribution in [3.8, 4) is 11.1 Å². The molecule has 0 saturated heterocycles. The van der Waals surface area contributed by atoms with Crippen LogP contribution in [0, 0.1) is 0 Å². The van der Waals surface area contributed by atoms with Crippen molar-refractivity contribution in [3.05, 3.63) is 53.6 Å². The number of anilines is 1. The number of carbonyl (C=O) groups is 1. The monoisotopic (exact) mass is 225 g/mol. The minimum Gasteiger partial charge on any atom is -0.457 e. The van der Waals surface area contributed by atoms with Gasteiger partial charge in [-0.05, 0) is 34.9 Å². The van der Waals surface area contributed by atoms with Crippen molar-refractivity contribution in [1.29, 1.82) is 0 Å². The van der Waals surface area contributed by atoms with Crippen LogP contribution in [-0.4, -0.2) is 5.97 Å². The number of carbonyl (C=O) groups excluding carboxylic acids is 1. The Labute approximate surface area is 98.8 Å². The summed E-state index contributed by atoms with van der Waals surface area (Å²) < 4.78 is 5.22. The molecule has 1 heterocycles. The Hall–Kier alpha value is -2.29. The van der Waals surface area contributed by atoms with Crippen LogP contribution in [0.2, 0.25) is 0 Å². The number of rotatable bonds is 0. The van der Waals surface area contributed by atoms with Crippen molar-refractivity contribution in [2.45, 2.75) is 6.61 Å². The van der Waals surface area contributed by atoms with Gasteiger partial charge in [0.25, 0.3) is 0 Å². The standard InChI is InChI=1S/C14H11NO2/c15-10-5-6-11-9(7-10)8-17-14(16)13-4-2-1-3-12(11)13/h1-7H,8,15H2. The molecule has 0 fully saturated rings. The summed E-state index contributed by atoms with van der Waals surface area (Å²) in [5.41, 5.74) is 9.90. The first kappa shape index (κ1) is 9.90. The van der Waals surface area contributed by atoms with Gasteiger partial charge in [-0.15, -0.1) is 0 Å². The van der Waals surface area contributed by atoms with E-state index in [0.29, 0.717) is 11.3 Å². The molecule has 84 valence electrons. The van der Waals surface area contributed by atoms with Crippen LogP contribution in [0.25, 0.3) is 11.1 Å². The zero-order valence-electron chi connectivity index (χ0n) is 9.14. The Bertz CT molecular complexity index is 605. The highest BCUT2D eigenvalue weighted by atomic mass is 16.5. The van der Waals surface area contributed by atoms with Gasteiger partial charge in [0.1, 0.15) is 6.61 Å². The zero-order valence-corrected chi connectivity index (χ0v) is 9.14. The van der Waals surface area contributed by atoms with Crippen LogP contribution in [0.15, 0.2) is 42.5 Å². The first-order valence-corrected chi connectivity index (χ1v) is 5.40. The largest absolute Gasteiger partial charge is 0.457 e. The quantitative estimate of drug-likeness (QED) is 0.554. The van der Waals surface area contributed by atoms with E-state index in [9.17, 15) is 4.79 Å².